The van der Waals surface area contributed by atoms with Crippen LogP contribution in [0.3, 0.4) is 0 Å². The van der Waals surface area contributed by atoms with E-state index in [-0.39, 0.29) is 0 Å². The van der Waals surface area contributed by atoms with E-state index >= 15 is 0 Å². The lowest BCUT2D eigenvalue weighted by atomic mass is 10.0. The number of halogens is 1. The first-order valence-corrected chi connectivity index (χ1v) is 12.9. The fourth-order valence-electron chi connectivity index (χ4n) is 5.32. The Balaban J connectivity index is 1.49. The van der Waals surface area contributed by atoms with Crippen LogP contribution in [0.5, 0.6) is 0 Å². The molecule has 2 heteroatoms. The summed E-state index contributed by atoms with van der Waals surface area (Å²) in [5.41, 5.74) is 3.46. The molecule has 0 fully saturated rings. The quantitative estimate of drug-likeness (QED) is 0.208. The molecule has 0 bridgehead atoms. The van der Waals surface area contributed by atoms with E-state index in [0.29, 0.717) is 0 Å². The fourth-order valence-corrected chi connectivity index (χ4v) is 5.69. The Labute approximate surface area is 218 Å². The van der Waals surface area contributed by atoms with Gasteiger partial charge in [-0.1, -0.05) is 107 Å². The molecule has 0 aromatic heterocycles. The van der Waals surface area contributed by atoms with Gasteiger partial charge in [0, 0.05) is 21.2 Å². The van der Waals surface area contributed by atoms with Crippen molar-refractivity contribution < 1.29 is 0 Å². The molecule has 7 aromatic rings. The molecule has 0 aliphatic heterocycles. The van der Waals surface area contributed by atoms with Gasteiger partial charge >= 0.3 is 0 Å². The van der Waals surface area contributed by atoms with Crippen LogP contribution in [0.15, 0.2) is 138 Å². The van der Waals surface area contributed by atoms with Gasteiger partial charge in [-0.3, -0.25) is 0 Å². The summed E-state index contributed by atoms with van der Waals surface area (Å²) in [6.45, 7) is 0. The van der Waals surface area contributed by atoms with Gasteiger partial charge in [0.05, 0.1) is 5.69 Å². The standard InChI is InChI=1S/C34H22BrN/c35-28-15-18-31-26(20-28)12-13-27-22-30(17-19-32(27)31)36(29-16-14-23-6-1-2-8-25(23)21-29)34-11-5-9-24-7-3-4-10-33(24)34/h1-22H. The van der Waals surface area contributed by atoms with Crippen molar-refractivity contribution in [3.05, 3.63) is 138 Å². The predicted molar refractivity (Wildman–Crippen MR) is 159 cm³/mol. The average Bonchev–Trinajstić information content (AvgIpc) is 2.93. The van der Waals surface area contributed by atoms with Gasteiger partial charge < -0.3 is 4.90 Å². The van der Waals surface area contributed by atoms with Crippen LogP contribution in [0.2, 0.25) is 0 Å². The van der Waals surface area contributed by atoms with Crippen molar-refractivity contribution in [2.45, 2.75) is 0 Å². The third-order valence-corrected chi connectivity index (χ3v) is 7.53. The van der Waals surface area contributed by atoms with E-state index in [0.717, 1.165) is 15.8 Å². The molecule has 0 spiro atoms. The smallest absolute Gasteiger partial charge is 0.0540 e. The second-order valence-corrected chi connectivity index (χ2v) is 10.1. The van der Waals surface area contributed by atoms with E-state index in [1.54, 1.807) is 0 Å². The Bertz CT molecular complexity index is 1920. The summed E-state index contributed by atoms with van der Waals surface area (Å²) < 4.78 is 1.10. The maximum absolute atomic E-state index is 3.61. The summed E-state index contributed by atoms with van der Waals surface area (Å²) >= 11 is 3.61. The Morgan fingerprint density at radius 2 is 0.972 bits per heavy atom. The summed E-state index contributed by atoms with van der Waals surface area (Å²) in [7, 11) is 0. The summed E-state index contributed by atoms with van der Waals surface area (Å²) in [4.78, 5) is 2.39. The monoisotopic (exact) mass is 523 g/mol. The summed E-state index contributed by atoms with van der Waals surface area (Å²) in [5.74, 6) is 0. The van der Waals surface area contributed by atoms with Gasteiger partial charge in [-0.05, 0) is 80.2 Å². The minimum atomic E-state index is 1.10. The highest BCUT2D eigenvalue weighted by Gasteiger charge is 2.16. The molecule has 36 heavy (non-hydrogen) atoms. The highest BCUT2D eigenvalue weighted by Crippen LogP contribution is 2.41. The molecule has 0 amide bonds. The maximum atomic E-state index is 3.61. The lowest BCUT2D eigenvalue weighted by Gasteiger charge is -2.27. The van der Waals surface area contributed by atoms with Gasteiger partial charge in [-0.2, -0.15) is 0 Å². The van der Waals surface area contributed by atoms with Crippen LogP contribution in [0.25, 0.3) is 43.1 Å². The van der Waals surface area contributed by atoms with Crippen molar-refractivity contribution in [1.82, 2.24) is 0 Å². The minimum Gasteiger partial charge on any atom is -0.310 e. The van der Waals surface area contributed by atoms with Gasteiger partial charge in [0.25, 0.3) is 0 Å². The number of nitrogens with zero attached hydrogens (tertiary/aromatic N) is 1. The molecular formula is C34H22BrN. The van der Waals surface area contributed by atoms with Crippen molar-refractivity contribution in [1.29, 1.82) is 0 Å². The number of benzene rings is 7. The second kappa shape index (κ2) is 8.51. The molecular weight excluding hydrogens is 502 g/mol. The van der Waals surface area contributed by atoms with Crippen LogP contribution < -0.4 is 4.90 Å². The lowest BCUT2D eigenvalue weighted by molar-refractivity contribution is 1.31. The highest BCUT2D eigenvalue weighted by molar-refractivity contribution is 9.10. The maximum Gasteiger partial charge on any atom is 0.0540 e. The van der Waals surface area contributed by atoms with Crippen molar-refractivity contribution in [3.8, 4) is 0 Å². The Morgan fingerprint density at radius 3 is 1.81 bits per heavy atom. The predicted octanol–water partition coefficient (Wildman–Crippen LogP) is 10.5. The number of rotatable bonds is 3. The van der Waals surface area contributed by atoms with Gasteiger partial charge in [-0.15, -0.1) is 0 Å². The molecule has 0 aliphatic carbocycles. The van der Waals surface area contributed by atoms with Crippen LogP contribution in [-0.4, -0.2) is 0 Å². The molecule has 1 nitrogen and oxygen atoms in total. The Morgan fingerprint density at radius 1 is 0.389 bits per heavy atom. The summed E-state index contributed by atoms with van der Waals surface area (Å²) in [6, 6.07) is 48.2. The van der Waals surface area contributed by atoms with Gasteiger partial charge in [-0.25, -0.2) is 0 Å². The third-order valence-electron chi connectivity index (χ3n) is 7.04. The largest absolute Gasteiger partial charge is 0.310 e. The van der Waals surface area contributed by atoms with Crippen LogP contribution in [0.1, 0.15) is 0 Å². The third kappa shape index (κ3) is 3.54. The van der Waals surface area contributed by atoms with Crippen LogP contribution in [0, 0.1) is 0 Å². The minimum absolute atomic E-state index is 1.10. The molecule has 0 heterocycles. The van der Waals surface area contributed by atoms with Crippen molar-refractivity contribution in [2.75, 3.05) is 4.90 Å². The first-order chi connectivity index (χ1) is 17.7. The average molecular weight is 524 g/mol. The number of fused-ring (bicyclic) bond motifs is 5. The molecule has 7 rings (SSSR count). The van der Waals surface area contributed by atoms with Crippen molar-refractivity contribution in [3.63, 3.8) is 0 Å². The van der Waals surface area contributed by atoms with Crippen LogP contribution in [-0.2, 0) is 0 Å². The zero-order chi connectivity index (χ0) is 24.1. The second-order valence-electron chi connectivity index (χ2n) is 9.20. The normalized spacial score (nSPS) is 11.5. The van der Waals surface area contributed by atoms with Crippen molar-refractivity contribution >= 4 is 76.1 Å². The molecule has 0 saturated carbocycles. The summed E-state index contributed by atoms with van der Waals surface area (Å²) in [6.07, 6.45) is 0. The Kier molecular flexibility index (Phi) is 5.00. The van der Waals surface area contributed by atoms with E-state index in [9.17, 15) is 0 Å². The molecule has 0 radical (unpaired) electrons. The van der Waals surface area contributed by atoms with E-state index in [2.05, 4.69) is 154 Å². The van der Waals surface area contributed by atoms with Gasteiger partial charge in [0.15, 0.2) is 0 Å². The molecule has 0 unspecified atom stereocenters. The molecule has 0 N–H and O–H groups in total. The number of anilines is 3. The number of hydrogen-bond donors (Lipinski definition) is 0. The fraction of sp³-hybridized carbons (Fsp3) is 0. The van der Waals surface area contributed by atoms with E-state index in [1.165, 1.54) is 48.8 Å². The van der Waals surface area contributed by atoms with Gasteiger partial charge in [0.2, 0.25) is 0 Å². The van der Waals surface area contributed by atoms with Crippen LogP contribution >= 0.6 is 15.9 Å². The van der Waals surface area contributed by atoms with E-state index in [1.807, 2.05) is 0 Å². The highest BCUT2D eigenvalue weighted by atomic mass is 79.9. The molecule has 0 atom stereocenters. The zero-order valence-corrected chi connectivity index (χ0v) is 21.1. The first kappa shape index (κ1) is 21.2. The van der Waals surface area contributed by atoms with E-state index in [4.69, 9.17) is 0 Å². The van der Waals surface area contributed by atoms with E-state index < -0.39 is 0 Å². The molecule has 0 saturated heterocycles. The Hall–Kier alpha value is -4.14. The number of hydrogen-bond acceptors (Lipinski definition) is 1. The van der Waals surface area contributed by atoms with Gasteiger partial charge in [0.1, 0.15) is 0 Å². The SMILES string of the molecule is Brc1ccc2c(ccc3cc(N(c4ccc5ccccc5c4)c4cccc5ccccc45)ccc32)c1. The topological polar surface area (TPSA) is 3.24 Å². The van der Waals surface area contributed by atoms with Crippen LogP contribution in [0.4, 0.5) is 17.1 Å². The zero-order valence-electron chi connectivity index (χ0n) is 19.5. The molecule has 0 aliphatic rings. The molecule has 7 aromatic carbocycles. The summed E-state index contributed by atoms with van der Waals surface area (Å²) in [5, 5.41) is 9.95. The molecule has 170 valence electrons. The van der Waals surface area contributed by atoms with Crippen molar-refractivity contribution in [2.24, 2.45) is 0 Å². The first-order valence-electron chi connectivity index (χ1n) is 12.1. The lowest BCUT2D eigenvalue weighted by Crippen LogP contribution is -2.10.